The lowest BCUT2D eigenvalue weighted by Gasteiger charge is -2.18. The van der Waals surface area contributed by atoms with Crippen LogP contribution in [0.1, 0.15) is 54.5 Å². The molecule has 0 aliphatic carbocycles. The first-order valence-corrected chi connectivity index (χ1v) is 13.7. The van der Waals surface area contributed by atoms with Crippen LogP contribution in [0.3, 0.4) is 0 Å². The van der Waals surface area contributed by atoms with Crippen molar-refractivity contribution in [2.24, 2.45) is 5.92 Å². The summed E-state index contributed by atoms with van der Waals surface area (Å²) >= 11 is 2.94. The number of anilines is 1. The fraction of sp³-hybridized carbons (Fsp3) is 0.409. The summed E-state index contributed by atoms with van der Waals surface area (Å²) in [4.78, 5) is 30.3. The summed E-state index contributed by atoms with van der Waals surface area (Å²) in [5.41, 5.74) is 0.867. The van der Waals surface area contributed by atoms with Crippen LogP contribution in [0, 0.1) is 19.8 Å². The number of nitrogens with zero attached hydrogens (tertiary/aromatic N) is 2. The molecule has 0 fully saturated rings. The largest absolute Gasteiger partial charge is 0.355 e. The summed E-state index contributed by atoms with van der Waals surface area (Å²) < 4.78 is 30.5. The molecule has 0 saturated heterocycles. The lowest BCUT2D eigenvalue weighted by atomic mass is 10.2. The van der Waals surface area contributed by atoms with Crippen molar-refractivity contribution in [3.63, 3.8) is 0 Å². The quantitative estimate of drug-likeness (QED) is 0.337. The van der Waals surface area contributed by atoms with Gasteiger partial charge < -0.3 is 0 Å². The van der Waals surface area contributed by atoms with Gasteiger partial charge in [0.1, 0.15) is 11.4 Å². The van der Waals surface area contributed by atoms with Gasteiger partial charge in [-0.05, 0) is 31.9 Å². The highest BCUT2D eigenvalue weighted by atomic mass is 32.2. The number of benzene rings is 1. The molecule has 1 N–H and O–H groups in total. The number of aromatic nitrogens is 2. The Morgan fingerprint density at radius 3 is 2.47 bits per heavy atom. The Morgan fingerprint density at radius 1 is 1.22 bits per heavy atom. The number of Topliss-reactive ketones (excluding diaryl/α,β-unsaturated/α-hetero) is 1. The molecule has 0 saturated carbocycles. The van der Waals surface area contributed by atoms with Crippen molar-refractivity contribution in [1.82, 2.24) is 9.55 Å². The zero-order valence-corrected chi connectivity index (χ0v) is 21.2. The van der Waals surface area contributed by atoms with Crippen molar-refractivity contribution < 1.29 is 13.2 Å². The highest BCUT2D eigenvalue weighted by Crippen LogP contribution is 2.39. The van der Waals surface area contributed by atoms with E-state index in [1.165, 1.54) is 28.0 Å². The van der Waals surface area contributed by atoms with Gasteiger partial charge in [-0.1, -0.05) is 44.9 Å². The fourth-order valence-electron chi connectivity index (χ4n) is 3.09. The van der Waals surface area contributed by atoms with Gasteiger partial charge in [0.2, 0.25) is 0 Å². The minimum atomic E-state index is -3.96. The second-order valence-corrected chi connectivity index (χ2v) is 11.9. The summed E-state index contributed by atoms with van der Waals surface area (Å²) in [6.07, 6.45) is 1.22. The molecule has 0 amide bonds. The normalized spacial score (nSPS) is 12.8. The third kappa shape index (κ3) is 4.92. The van der Waals surface area contributed by atoms with Crippen LogP contribution >= 0.6 is 23.1 Å². The van der Waals surface area contributed by atoms with Crippen LogP contribution in [0.15, 0.2) is 38.2 Å². The third-order valence-electron chi connectivity index (χ3n) is 5.19. The number of ketones is 1. The van der Waals surface area contributed by atoms with Gasteiger partial charge in [-0.25, -0.2) is 13.2 Å². The molecule has 7 nitrogen and oxygen atoms in total. The maximum atomic E-state index is 13.0. The molecule has 1 atom stereocenters. The number of rotatable bonds is 9. The SMILES string of the molecule is CCC(=O)c1c(C)sc(SCC(C)CC)c2c(NS(=O)(=O)c3ccc(C)cc3)nc(=O)n1-2. The van der Waals surface area contributed by atoms with E-state index < -0.39 is 15.7 Å². The number of carbonyl (C=O) groups is 1. The van der Waals surface area contributed by atoms with Gasteiger partial charge in [0, 0.05) is 17.1 Å². The molecule has 1 aromatic rings. The number of fused-ring (bicyclic) bond motifs is 1. The topological polar surface area (TPSA) is 98.1 Å². The molecule has 0 radical (unpaired) electrons. The van der Waals surface area contributed by atoms with Crippen molar-refractivity contribution in [2.75, 3.05) is 10.5 Å². The second kappa shape index (κ2) is 9.76. The van der Waals surface area contributed by atoms with Crippen molar-refractivity contribution in [3.8, 4) is 5.69 Å². The number of thioether (sulfide) groups is 1. The van der Waals surface area contributed by atoms with Crippen LogP contribution in [-0.2, 0) is 10.0 Å². The molecule has 2 aliphatic heterocycles. The van der Waals surface area contributed by atoms with Crippen LogP contribution < -0.4 is 10.4 Å². The van der Waals surface area contributed by atoms with E-state index in [4.69, 9.17) is 0 Å². The van der Waals surface area contributed by atoms with Gasteiger partial charge in [-0.15, -0.1) is 23.1 Å². The first-order chi connectivity index (χ1) is 15.1. The van der Waals surface area contributed by atoms with E-state index in [1.54, 1.807) is 37.7 Å². The zero-order chi connectivity index (χ0) is 23.6. The van der Waals surface area contributed by atoms with Gasteiger partial charge in [0.05, 0.1) is 9.10 Å². The molecule has 1 unspecified atom stereocenters. The monoisotopic (exact) mass is 493 g/mol. The molecule has 0 aromatic heterocycles. The zero-order valence-electron chi connectivity index (χ0n) is 18.8. The Balaban J connectivity index is 2.17. The van der Waals surface area contributed by atoms with Crippen LogP contribution in [-0.4, -0.2) is 29.5 Å². The Labute approximate surface area is 196 Å². The molecule has 172 valence electrons. The molecule has 0 spiro atoms. The minimum Gasteiger partial charge on any atom is -0.292 e. The minimum absolute atomic E-state index is 0.0522. The second-order valence-electron chi connectivity index (χ2n) is 7.74. The number of sulfonamides is 1. The molecule has 3 rings (SSSR count). The van der Waals surface area contributed by atoms with Gasteiger partial charge in [0.15, 0.2) is 11.6 Å². The summed E-state index contributed by atoms with van der Waals surface area (Å²) in [5.74, 6) is 0.993. The predicted octanol–water partition coefficient (Wildman–Crippen LogP) is 4.88. The first-order valence-electron chi connectivity index (χ1n) is 10.4. The summed E-state index contributed by atoms with van der Waals surface area (Å²) in [5, 5.41) is 0. The molecular formula is C22H27N3O4S3. The van der Waals surface area contributed by atoms with Crippen molar-refractivity contribution >= 4 is 44.7 Å². The third-order valence-corrected chi connectivity index (χ3v) is 9.21. The lowest BCUT2D eigenvalue weighted by molar-refractivity contribution is 0.0980. The number of hydrogen-bond donors (Lipinski definition) is 1. The summed E-state index contributed by atoms with van der Waals surface area (Å²) in [6, 6.07) is 6.42. The van der Waals surface area contributed by atoms with Crippen LogP contribution in [0.25, 0.3) is 5.69 Å². The number of imidazole rings is 1. The number of aryl methyl sites for hydroxylation is 2. The highest BCUT2D eigenvalue weighted by molar-refractivity contribution is 8.01. The number of carbonyl (C=O) groups excluding carboxylic acids is 1. The molecule has 32 heavy (non-hydrogen) atoms. The fourth-order valence-corrected chi connectivity index (χ4v) is 6.77. The number of nitrogens with one attached hydrogen (secondary N) is 1. The average Bonchev–Trinajstić information content (AvgIpc) is 3.06. The average molecular weight is 494 g/mol. The summed E-state index contributed by atoms with van der Waals surface area (Å²) in [6.45, 7) is 9.64. The van der Waals surface area contributed by atoms with E-state index in [0.717, 1.165) is 21.9 Å². The van der Waals surface area contributed by atoms with E-state index in [-0.39, 0.29) is 28.6 Å². The number of hydrogen-bond acceptors (Lipinski definition) is 7. The van der Waals surface area contributed by atoms with E-state index in [9.17, 15) is 18.0 Å². The van der Waals surface area contributed by atoms with Crippen LogP contribution in [0.5, 0.6) is 0 Å². The highest BCUT2D eigenvalue weighted by Gasteiger charge is 2.30. The Bertz CT molecular complexity index is 1260. The molecule has 2 heterocycles. The van der Waals surface area contributed by atoms with Crippen molar-refractivity contribution in [3.05, 3.63) is 50.9 Å². The summed E-state index contributed by atoms with van der Waals surface area (Å²) in [7, 11) is -3.96. The lowest BCUT2D eigenvalue weighted by Crippen LogP contribution is -2.22. The van der Waals surface area contributed by atoms with E-state index in [1.807, 2.05) is 6.92 Å². The van der Waals surface area contributed by atoms with Gasteiger partial charge in [-0.2, -0.15) is 4.98 Å². The Morgan fingerprint density at radius 2 is 1.88 bits per heavy atom. The van der Waals surface area contributed by atoms with Crippen molar-refractivity contribution in [1.29, 1.82) is 0 Å². The predicted molar refractivity (Wildman–Crippen MR) is 130 cm³/mol. The molecule has 1 aromatic carbocycles. The van der Waals surface area contributed by atoms with Gasteiger partial charge in [-0.3, -0.25) is 14.1 Å². The molecular weight excluding hydrogens is 466 g/mol. The Hall–Kier alpha value is -2.17. The van der Waals surface area contributed by atoms with E-state index >= 15 is 0 Å². The maximum absolute atomic E-state index is 13.0. The molecule has 10 heteroatoms. The van der Waals surface area contributed by atoms with Crippen LogP contribution in [0.2, 0.25) is 0 Å². The van der Waals surface area contributed by atoms with Crippen molar-refractivity contribution in [2.45, 2.75) is 56.6 Å². The van der Waals surface area contributed by atoms with Crippen LogP contribution in [0.4, 0.5) is 5.82 Å². The van der Waals surface area contributed by atoms with E-state index in [2.05, 4.69) is 23.6 Å². The first kappa shape index (κ1) is 24.5. The molecule has 2 aliphatic rings. The van der Waals surface area contributed by atoms with E-state index in [0.29, 0.717) is 16.5 Å². The standard InChI is InChI=1S/C22H27N3O4S3/c1-6-13(3)12-30-21-19-20(24-32(28,29)16-10-8-14(4)9-11-16)23-22(27)25(19)18(15(5)31-21)17(26)7-2/h8-11,13H,6-7,12H2,1-5H3,(H,23,24,27). The smallest absolute Gasteiger partial charge is 0.292 e. The Kier molecular flexibility index (Phi) is 7.46. The molecule has 0 bridgehead atoms. The van der Waals surface area contributed by atoms with Gasteiger partial charge in [0.25, 0.3) is 10.0 Å². The van der Waals surface area contributed by atoms with Gasteiger partial charge >= 0.3 is 5.69 Å². The maximum Gasteiger partial charge on any atom is 0.355 e.